The summed E-state index contributed by atoms with van der Waals surface area (Å²) in [6.45, 7) is 5.32. The van der Waals surface area contributed by atoms with Crippen LogP contribution in [0.15, 0.2) is 36.9 Å². The van der Waals surface area contributed by atoms with E-state index in [-0.39, 0.29) is 6.61 Å². The van der Waals surface area contributed by atoms with Crippen LogP contribution in [0, 0.1) is 0 Å². The summed E-state index contributed by atoms with van der Waals surface area (Å²) >= 11 is 0. The minimum Gasteiger partial charge on any atom is -0.493 e. The van der Waals surface area contributed by atoms with Gasteiger partial charge in [-0.1, -0.05) is 6.58 Å². The summed E-state index contributed by atoms with van der Waals surface area (Å²) in [5, 5.41) is 0. The first kappa shape index (κ1) is 13.8. The van der Waals surface area contributed by atoms with E-state index in [1.807, 2.05) is 0 Å². The van der Waals surface area contributed by atoms with Gasteiger partial charge in [0, 0.05) is 12.5 Å². The lowest BCUT2D eigenvalue weighted by Crippen LogP contribution is -2.06. The number of esters is 1. The molecule has 0 aliphatic rings. The van der Waals surface area contributed by atoms with E-state index in [1.165, 1.54) is 6.47 Å². The standard InChI is InChI=1S/C13H13O5/c1-2-13(15)17-9-3-8-16-11-4-6-12(7-5-11)18-10-14/h2,4-7H,1,3,8-9H2. The molecule has 0 saturated carbocycles. The Kier molecular flexibility index (Phi) is 6.03. The van der Waals surface area contributed by atoms with Gasteiger partial charge >= 0.3 is 12.4 Å². The highest BCUT2D eigenvalue weighted by Crippen LogP contribution is 2.17. The molecule has 0 aliphatic carbocycles. The molecule has 0 amide bonds. The summed E-state index contributed by atoms with van der Waals surface area (Å²) < 4.78 is 14.7. The number of benzene rings is 1. The van der Waals surface area contributed by atoms with E-state index < -0.39 is 5.97 Å². The van der Waals surface area contributed by atoms with E-state index in [0.717, 1.165) is 6.08 Å². The maximum absolute atomic E-state index is 10.7. The Bertz CT molecular complexity index is 396. The van der Waals surface area contributed by atoms with Gasteiger partial charge in [-0.15, -0.1) is 0 Å². The zero-order chi connectivity index (χ0) is 13.2. The van der Waals surface area contributed by atoms with Crippen LogP contribution in [-0.4, -0.2) is 25.7 Å². The van der Waals surface area contributed by atoms with Crippen molar-refractivity contribution in [2.45, 2.75) is 6.42 Å². The molecular formula is C13H13O5. The second-order valence-corrected chi connectivity index (χ2v) is 3.23. The smallest absolute Gasteiger partial charge is 0.423 e. The number of hydrogen-bond donors (Lipinski definition) is 0. The lowest BCUT2D eigenvalue weighted by atomic mass is 10.3. The fourth-order valence-corrected chi connectivity index (χ4v) is 1.13. The zero-order valence-electron chi connectivity index (χ0n) is 9.76. The molecule has 0 heterocycles. The summed E-state index contributed by atoms with van der Waals surface area (Å²) in [5.74, 6) is 0.599. The molecule has 95 valence electrons. The first-order valence-electron chi connectivity index (χ1n) is 5.32. The molecule has 0 atom stereocenters. The third kappa shape index (κ3) is 5.16. The highest BCUT2D eigenvalue weighted by molar-refractivity contribution is 5.81. The molecule has 1 aromatic rings. The fourth-order valence-electron chi connectivity index (χ4n) is 1.13. The molecule has 0 N–H and O–H groups in total. The van der Waals surface area contributed by atoms with Crippen molar-refractivity contribution in [1.82, 2.24) is 0 Å². The van der Waals surface area contributed by atoms with Crippen molar-refractivity contribution in [2.75, 3.05) is 13.2 Å². The van der Waals surface area contributed by atoms with Gasteiger partial charge in [0.25, 0.3) is 0 Å². The van der Waals surface area contributed by atoms with Crippen molar-refractivity contribution >= 4 is 12.4 Å². The van der Waals surface area contributed by atoms with Crippen LogP contribution >= 0.6 is 0 Å². The topological polar surface area (TPSA) is 61.8 Å². The number of rotatable bonds is 8. The molecule has 1 rings (SSSR count). The molecule has 5 heteroatoms. The average molecular weight is 249 g/mol. The van der Waals surface area contributed by atoms with Gasteiger partial charge in [-0.05, 0) is 24.3 Å². The van der Waals surface area contributed by atoms with Crippen LogP contribution in [0.2, 0.25) is 0 Å². The summed E-state index contributed by atoms with van der Waals surface area (Å²) in [5.41, 5.74) is 0. The molecule has 0 unspecified atom stereocenters. The number of carbonyl (C=O) groups is 1. The second kappa shape index (κ2) is 7.89. The van der Waals surface area contributed by atoms with E-state index in [4.69, 9.17) is 9.47 Å². The molecule has 0 fully saturated rings. The van der Waals surface area contributed by atoms with E-state index >= 15 is 0 Å². The van der Waals surface area contributed by atoms with Gasteiger partial charge in [0.2, 0.25) is 0 Å². The van der Waals surface area contributed by atoms with Crippen LogP contribution in [-0.2, 0) is 14.3 Å². The second-order valence-electron chi connectivity index (χ2n) is 3.23. The SMILES string of the molecule is C=CC(=O)OCCCOc1ccc(O[C]=O)cc1. The lowest BCUT2D eigenvalue weighted by Gasteiger charge is -2.06. The number of ether oxygens (including phenoxy) is 3. The molecule has 18 heavy (non-hydrogen) atoms. The third-order valence-corrected chi connectivity index (χ3v) is 1.95. The van der Waals surface area contributed by atoms with Gasteiger partial charge in [0.15, 0.2) is 0 Å². The van der Waals surface area contributed by atoms with Gasteiger partial charge in [-0.3, -0.25) is 0 Å². The maximum atomic E-state index is 10.7. The van der Waals surface area contributed by atoms with Crippen LogP contribution in [0.5, 0.6) is 11.5 Å². The van der Waals surface area contributed by atoms with Gasteiger partial charge in [0.1, 0.15) is 11.5 Å². The molecule has 1 aromatic carbocycles. The molecule has 0 aromatic heterocycles. The summed E-state index contributed by atoms with van der Waals surface area (Å²) in [7, 11) is 0. The predicted octanol–water partition coefficient (Wildman–Crippen LogP) is 1.63. The average Bonchev–Trinajstić information content (AvgIpc) is 2.40. The maximum Gasteiger partial charge on any atom is 0.423 e. The Morgan fingerprint density at radius 1 is 1.22 bits per heavy atom. The van der Waals surface area contributed by atoms with E-state index in [0.29, 0.717) is 24.5 Å². The third-order valence-electron chi connectivity index (χ3n) is 1.95. The molecule has 5 nitrogen and oxygen atoms in total. The van der Waals surface area contributed by atoms with Crippen molar-refractivity contribution in [3.8, 4) is 11.5 Å². The summed E-state index contributed by atoms with van der Waals surface area (Å²) in [6, 6.07) is 6.53. The monoisotopic (exact) mass is 249 g/mol. The van der Waals surface area contributed by atoms with Crippen molar-refractivity contribution in [2.24, 2.45) is 0 Å². The Morgan fingerprint density at radius 2 is 1.89 bits per heavy atom. The molecule has 0 spiro atoms. The Balaban J connectivity index is 2.20. The van der Waals surface area contributed by atoms with Gasteiger partial charge in [0.05, 0.1) is 13.2 Å². The highest BCUT2D eigenvalue weighted by Gasteiger charge is 1.98. The molecule has 0 saturated heterocycles. The number of carbonyl (C=O) groups excluding carboxylic acids is 2. The lowest BCUT2D eigenvalue weighted by molar-refractivity contribution is -0.137. The molecule has 0 aliphatic heterocycles. The highest BCUT2D eigenvalue weighted by atomic mass is 16.5. The normalized spacial score (nSPS) is 9.33. The zero-order valence-corrected chi connectivity index (χ0v) is 9.76. The van der Waals surface area contributed by atoms with Gasteiger partial charge in [-0.2, -0.15) is 0 Å². The van der Waals surface area contributed by atoms with Crippen LogP contribution in [0.4, 0.5) is 0 Å². The van der Waals surface area contributed by atoms with E-state index in [1.54, 1.807) is 24.3 Å². The fraction of sp³-hybridized carbons (Fsp3) is 0.231. The summed E-state index contributed by atoms with van der Waals surface area (Å²) in [6.07, 6.45) is 1.70. The quantitative estimate of drug-likeness (QED) is 0.398. The largest absolute Gasteiger partial charge is 0.493 e. The van der Waals surface area contributed by atoms with Crippen molar-refractivity contribution in [3.05, 3.63) is 36.9 Å². The van der Waals surface area contributed by atoms with Gasteiger partial charge in [-0.25, -0.2) is 9.59 Å². The number of hydrogen-bond acceptors (Lipinski definition) is 5. The van der Waals surface area contributed by atoms with Gasteiger partial charge < -0.3 is 14.2 Å². The van der Waals surface area contributed by atoms with Crippen LogP contribution < -0.4 is 9.47 Å². The first-order chi connectivity index (χ1) is 8.76. The molecule has 0 bridgehead atoms. The van der Waals surface area contributed by atoms with Crippen molar-refractivity contribution in [1.29, 1.82) is 0 Å². The van der Waals surface area contributed by atoms with Crippen LogP contribution in [0.3, 0.4) is 0 Å². The minimum absolute atomic E-state index is 0.284. The first-order valence-corrected chi connectivity index (χ1v) is 5.32. The minimum atomic E-state index is -0.443. The Hall–Kier alpha value is -2.30. The van der Waals surface area contributed by atoms with Crippen LogP contribution in [0.1, 0.15) is 6.42 Å². The van der Waals surface area contributed by atoms with E-state index in [9.17, 15) is 9.59 Å². The molecule has 1 radical (unpaired) electrons. The summed E-state index contributed by atoms with van der Waals surface area (Å²) in [4.78, 5) is 20.7. The Morgan fingerprint density at radius 3 is 2.50 bits per heavy atom. The van der Waals surface area contributed by atoms with Crippen molar-refractivity contribution < 1.29 is 23.8 Å². The van der Waals surface area contributed by atoms with Crippen molar-refractivity contribution in [3.63, 3.8) is 0 Å². The Labute approximate surface area is 105 Å². The predicted molar refractivity (Wildman–Crippen MR) is 64.0 cm³/mol. The molecular weight excluding hydrogens is 236 g/mol. The van der Waals surface area contributed by atoms with Crippen LogP contribution in [0.25, 0.3) is 0 Å². The van der Waals surface area contributed by atoms with E-state index in [2.05, 4.69) is 11.3 Å².